The van der Waals surface area contributed by atoms with Gasteiger partial charge in [-0.05, 0) is 16.6 Å². The highest BCUT2D eigenvalue weighted by Crippen LogP contribution is 2.46. The first-order valence-electron chi connectivity index (χ1n) is 3.47. The van der Waals surface area contributed by atoms with Crippen LogP contribution in [0.25, 0.3) is 0 Å². The minimum Gasteiger partial charge on any atom is -0.219 e. The van der Waals surface area contributed by atoms with Crippen molar-refractivity contribution in [3.8, 4) is 0 Å². The highest BCUT2D eigenvalue weighted by molar-refractivity contribution is 8.82. The Morgan fingerprint density at radius 2 is 2.00 bits per heavy atom. The van der Waals surface area contributed by atoms with Crippen molar-refractivity contribution in [3.63, 3.8) is 0 Å². The van der Waals surface area contributed by atoms with Crippen molar-refractivity contribution in [3.05, 3.63) is 11.5 Å². The molecule has 1 aliphatic heterocycles. The van der Waals surface area contributed by atoms with Crippen LogP contribution >= 0.6 is 9.93 Å². The first kappa shape index (κ1) is 9.13. The molecule has 0 N–H and O–H groups in total. The van der Waals surface area contributed by atoms with Crippen LogP contribution in [0.5, 0.6) is 0 Å². The summed E-state index contributed by atoms with van der Waals surface area (Å²) in [5.41, 5.74) is 0.0920. The summed E-state index contributed by atoms with van der Waals surface area (Å²) in [6.45, 7) is 4.13. The lowest BCUT2D eigenvalue weighted by atomic mass is 9.98. The Labute approximate surface area is 70.3 Å². The van der Waals surface area contributed by atoms with Crippen molar-refractivity contribution in [2.75, 3.05) is 12.0 Å². The monoisotopic (exact) mass is 194 g/mol. The maximum Gasteiger partial charge on any atom is 0.182 e. The molecule has 0 saturated carbocycles. The second-order valence-corrected chi connectivity index (χ2v) is 9.92. The molecule has 0 spiro atoms. The van der Waals surface area contributed by atoms with Gasteiger partial charge in [0.15, 0.2) is 8.87 Å². The first-order chi connectivity index (χ1) is 4.81. The first-order valence-corrected chi connectivity index (χ1v) is 7.57. The average Bonchev–Trinajstić information content (AvgIpc) is 2.07. The molecule has 4 heteroatoms. The van der Waals surface area contributed by atoms with Crippen molar-refractivity contribution < 1.29 is 8.42 Å². The van der Waals surface area contributed by atoms with Crippen molar-refractivity contribution in [1.82, 2.24) is 0 Å². The molecule has 1 rings (SSSR count). The molecular weight excluding hydrogens is 180 g/mol. The van der Waals surface area contributed by atoms with E-state index in [-0.39, 0.29) is 5.41 Å². The van der Waals surface area contributed by atoms with Crippen LogP contribution in [0.4, 0.5) is 0 Å². The summed E-state index contributed by atoms with van der Waals surface area (Å²) >= 11 is 0. The Kier molecular flexibility index (Phi) is 2.09. The largest absolute Gasteiger partial charge is 0.219 e. The van der Waals surface area contributed by atoms with Gasteiger partial charge < -0.3 is 0 Å². The molecule has 1 unspecified atom stereocenters. The summed E-state index contributed by atoms with van der Waals surface area (Å²) < 4.78 is 22.2. The van der Waals surface area contributed by atoms with E-state index in [1.54, 1.807) is 0 Å². The molecule has 1 aliphatic rings. The van der Waals surface area contributed by atoms with Gasteiger partial charge in [0.05, 0.1) is 0 Å². The van der Waals surface area contributed by atoms with Crippen LogP contribution in [-0.4, -0.2) is 20.4 Å². The topological polar surface area (TPSA) is 34.1 Å². The molecule has 0 aromatic carbocycles. The summed E-state index contributed by atoms with van der Waals surface area (Å²) in [4.78, 5) is 0. The van der Waals surface area contributed by atoms with Gasteiger partial charge in [-0.1, -0.05) is 19.9 Å². The Bertz CT molecular complexity index is 275. The van der Waals surface area contributed by atoms with Gasteiger partial charge in [-0.25, -0.2) is 8.42 Å². The fraction of sp³-hybridized carbons (Fsp3) is 0.714. The third-order valence-electron chi connectivity index (χ3n) is 1.68. The zero-order valence-corrected chi connectivity index (χ0v) is 8.74. The lowest BCUT2D eigenvalue weighted by molar-refractivity contribution is 0.563. The second-order valence-electron chi connectivity index (χ2n) is 3.61. The molecule has 1 atom stereocenters. The summed E-state index contributed by atoms with van der Waals surface area (Å²) in [6, 6.07) is 0. The van der Waals surface area contributed by atoms with Crippen LogP contribution in [0.15, 0.2) is 11.5 Å². The standard InChI is InChI=1S/C7H14O2S2/c1-7(2)4-5-10(6-7)11(3,8)9/h4-5,10H,6H2,1-3H3. The van der Waals surface area contributed by atoms with Gasteiger partial charge in [0, 0.05) is 6.26 Å². The Balaban J connectivity index is 2.81. The zero-order chi connectivity index (χ0) is 8.70. The quantitative estimate of drug-likeness (QED) is 0.507. The predicted molar refractivity (Wildman–Crippen MR) is 51.6 cm³/mol. The van der Waals surface area contributed by atoms with Gasteiger partial charge in [0.25, 0.3) is 0 Å². The average molecular weight is 194 g/mol. The van der Waals surface area contributed by atoms with Gasteiger partial charge >= 0.3 is 0 Å². The minimum absolute atomic E-state index is 0.0920. The molecule has 0 amide bonds. The van der Waals surface area contributed by atoms with E-state index in [4.69, 9.17) is 0 Å². The van der Waals surface area contributed by atoms with E-state index in [2.05, 4.69) is 13.8 Å². The van der Waals surface area contributed by atoms with Crippen molar-refractivity contribution in [1.29, 1.82) is 0 Å². The fourth-order valence-corrected chi connectivity index (χ4v) is 5.61. The Hall–Kier alpha value is 0.0400. The molecule has 0 bridgehead atoms. The molecule has 0 radical (unpaired) electrons. The van der Waals surface area contributed by atoms with Crippen molar-refractivity contribution in [2.24, 2.45) is 5.41 Å². The SMILES string of the molecule is CC1(C)C=C[SH](S(C)(=O)=O)C1. The molecule has 0 aromatic heterocycles. The van der Waals surface area contributed by atoms with E-state index in [0.717, 1.165) is 5.75 Å². The molecule has 1 heterocycles. The van der Waals surface area contributed by atoms with Crippen LogP contribution in [-0.2, 0) is 8.87 Å². The lowest BCUT2D eigenvalue weighted by Crippen LogP contribution is -2.10. The van der Waals surface area contributed by atoms with E-state index >= 15 is 0 Å². The molecule has 66 valence electrons. The van der Waals surface area contributed by atoms with Crippen LogP contribution < -0.4 is 0 Å². The predicted octanol–water partition coefficient (Wildman–Crippen LogP) is 1.50. The second kappa shape index (κ2) is 2.52. The highest BCUT2D eigenvalue weighted by atomic mass is 33.2. The van der Waals surface area contributed by atoms with Crippen LogP contribution in [0, 0.1) is 5.41 Å². The number of rotatable bonds is 1. The maximum atomic E-state index is 11.1. The summed E-state index contributed by atoms with van der Waals surface area (Å²) in [7, 11) is -3.68. The summed E-state index contributed by atoms with van der Waals surface area (Å²) in [5, 5.41) is 1.87. The van der Waals surface area contributed by atoms with Crippen LogP contribution in [0.3, 0.4) is 0 Å². The van der Waals surface area contributed by atoms with Gasteiger partial charge in [-0.3, -0.25) is 0 Å². The molecule has 0 aromatic rings. The third-order valence-corrected chi connectivity index (χ3v) is 7.45. The molecule has 2 nitrogen and oxygen atoms in total. The minimum atomic E-state index is -2.80. The number of hydrogen-bond acceptors (Lipinski definition) is 2. The number of allylic oxidation sites excluding steroid dienone is 1. The Morgan fingerprint density at radius 1 is 1.45 bits per heavy atom. The van der Waals surface area contributed by atoms with Gasteiger partial charge in [-0.15, -0.1) is 9.93 Å². The third kappa shape index (κ3) is 2.24. The molecule has 0 aliphatic carbocycles. The van der Waals surface area contributed by atoms with Gasteiger partial charge in [0.2, 0.25) is 0 Å². The van der Waals surface area contributed by atoms with E-state index in [1.807, 2.05) is 11.5 Å². The zero-order valence-electron chi connectivity index (χ0n) is 7.03. The number of hydrogen-bond donors (Lipinski definition) is 1. The molecular formula is C7H14O2S2. The Morgan fingerprint density at radius 3 is 2.18 bits per heavy atom. The van der Waals surface area contributed by atoms with Crippen molar-refractivity contribution >= 4 is 18.8 Å². The maximum absolute atomic E-state index is 11.1. The van der Waals surface area contributed by atoms with E-state index < -0.39 is 18.8 Å². The molecule has 0 fully saturated rings. The van der Waals surface area contributed by atoms with Gasteiger partial charge in [0.1, 0.15) is 0 Å². The fourth-order valence-electron chi connectivity index (χ4n) is 1.02. The van der Waals surface area contributed by atoms with E-state index in [9.17, 15) is 8.42 Å². The summed E-state index contributed by atoms with van der Waals surface area (Å²) in [5.74, 6) is 0.793. The smallest absolute Gasteiger partial charge is 0.182 e. The summed E-state index contributed by atoms with van der Waals surface area (Å²) in [6.07, 6.45) is 3.34. The van der Waals surface area contributed by atoms with E-state index in [0.29, 0.717) is 0 Å². The molecule has 11 heavy (non-hydrogen) atoms. The normalized spacial score (nSPS) is 32.5. The highest BCUT2D eigenvalue weighted by Gasteiger charge is 2.28. The van der Waals surface area contributed by atoms with Gasteiger partial charge in [-0.2, -0.15) is 0 Å². The lowest BCUT2D eigenvalue weighted by Gasteiger charge is -2.18. The van der Waals surface area contributed by atoms with E-state index in [1.165, 1.54) is 6.26 Å². The van der Waals surface area contributed by atoms with Crippen LogP contribution in [0.2, 0.25) is 0 Å². The number of thiol groups is 1. The molecule has 0 saturated heterocycles. The van der Waals surface area contributed by atoms with Crippen molar-refractivity contribution in [2.45, 2.75) is 13.8 Å². The van der Waals surface area contributed by atoms with Crippen LogP contribution in [0.1, 0.15) is 13.8 Å².